The fourth-order valence-corrected chi connectivity index (χ4v) is 2.24. The highest BCUT2D eigenvalue weighted by Crippen LogP contribution is 2.24. The highest BCUT2D eigenvalue weighted by Gasteiger charge is 2.07. The van der Waals surface area contributed by atoms with E-state index in [-0.39, 0.29) is 11.7 Å². The molecule has 0 heterocycles. The summed E-state index contributed by atoms with van der Waals surface area (Å²) in [6.07, 6.45) is 2.55. The van der Waals surface area contributed by atoms with Crippen molar-refractivity contribution in [3.63, 3.8) is 0 Å². The van der Waals surface area contributed by atoms with E-state index < -0.39 is 5.97 Å². The van der Waals surface area contributed by atoms with Gasteiger partial charge in [-0.3, -0.25) is 9.59 Å². The zero-order chi connectivity index (χ0) is 15.1. The molecule has 0 aliphatic rings. The van der Waals surface area contributed by atoms with Crippen LogP contribution in [0, 0.1) is 0 Å². The van der Waals surface area contributed by atoms with Gasteiger partial charge in [0.25, 0.3) is 5.24 Å². The van der Waals surface area contributed by atoms with Crippen LogP contribution in [-0.2, 0) is 4.79 Å². The van der Waals surface area contributed by atoms with Crippen LogP contribution in [0.15, 0.2) is 35.2 Å². The topological polar surface area (TPSA) is 57.6 Å². The van der Waals surface area contributed by atoms with Crippen molar-refractivity contribution in [3.8, 4) is 0 Å². The molecule has 0 aliphatic heterocycles. The maximum Gasteiger partial charge on any atom is 0.303 e. The molecule has 0 bridgehead atoms. The highest BCUT2D eigenvalue weighted by atomic mass is 32.2. The van der Waals surface area contributed by atoms with E-state index in [0.29, 0.717) is 6.42 Å². The number of allylic oxidation sites excluding steroid dienone is 2. The normalized spacial score (nSPS) is 11.2. The van der Waals surface area contributed by atoms with Gasteiger partial charge in [-0.15, -0.1) is 0 Å². The van der Waals surface area contributed by atoms with Gasteiger partial charge in [0.15, 0.2) is 0 Å². The molecular formula is C15H19NO3S. The second-order valence-corrected chi connectivity index (χ2v) is 5.63. The molecule has 5 heteroatoms. The van der Waals surface area contributed by atoms with Gasteiger partial charge in [0.2, 0.25) is 0 Å². The number of benzene rings is 1. The van der Waals surface area contributed by atoms with Crippen molar-refractivity contribution in [2.24, 2.45) is 0 Å². The van der Waals surface area contributed by atoms with Crippen molar-refractivity contribution in [1.29, 1.82) is 0 Å². The number of rotatable bonds is 5. The summed E-state index contributed by atoms with van der Waals surface area (Å²) in [4.78, 5) is 24.5. The molecule has 0 aliphatic carbocycles. The molecule has 4 nitrogen and oxygen atoms in total. The van der Waals surface area contributed by atoms with Crippen LogP contribution < -0.4 is 0 Å². The number of thioether (sulfide) groups is 1. The summed E-state index contributed by atoms with van der Waals surface area (Å²) in [5, 5.41) is 8.60. The third kappa shape index (κ3) is 5.48. The Hall–Kier alpha value is -1.75. The van der Waals surface area contributed by atoms with E-state index in [9.17, 15) is 9.59 Å². The van der Waals surface area contributed by atoms with Crippen LogP contribution in [0.2, 0.25) is 0 Å². The van der Waals surface area contributed by atoms with Crippen LogP contribution in [0.3, 0.4) is 0 Å². The van der Waals surface area contributed by atoms with E-state index in [4.69, 9.17) is 5.11 Å². The van der Waals surface area contributed by atoms with E-state index >= 15 is 0 Å². The Morgan fingerprint density at radius 3 is 2.65 bits per heavy atom. The lowest BCUT2D eigenvalue weighted by Crippen LogP contribution is -2.15. The average molecular weight is 293 g/mol. The van der Waals surface area contributed by atoms with Crippen LogP contribution in [-0.4, -0.2) is 35.3 Å². The number of carboxylic acid groups (broad SMARTS) is 1. The lowest BCUT2D eigenvalue weighted by atomic mass is 10.1. The lowest BCUT2D eigenvalue weighted by Gasteiger charge is -2.10. The van der Waals surface area contributed by atoms with Gasteiger partial charge in [0.1, 0.15) is 0 Å². The van der Waals surface area contributed by atoms with Gasteiger partial charge in [-0.25, -0.2) is 0 Å². The Labute approximate surface area is 123 Å². The van der Waals surface area contributed by atoms with Gasteiger partial charge in [-0.05, 0) is 48.4 Å². The summed E-state index contributed by atoms with van der Waals surface area (Å²) in [6.45, 7) is 1.94. The smallest absolute Gasteiger partial charge is 0.303 e. The second-order valence-electron chi connectivity index (χ2n) is 4.61. The first-order valence-electron chi connectivity index (χ1n) is 6.28. The maximum atomic E-state index is 11.6. The molecule has 1 N–H and O–H groups in total. The minimum absolute atomic E-state index is 0.0188. The van der Waals surface area contributed by atoms with Crippen LogP contribution in [0.4, 0.5) is 4.79 Å². The summed E-state index contributed by atoms with van der Waals surface area (Å²) in [6, 6.07) is 7.69. The van der Waals surface area contributed by atoms with E-state index in [2.05, 4.69) is 0 Å². The van der Waals surface area contributed by atoms with E-state index in [0.717, 1.165) is 16.0 Å². The molecule has 0 aromatic heterocycles. The number of carbonyl (C=O) groups is 2. The van der Waals surface area contributed by atoms with Gasteiger partial charge in [0.05, 0.1) is 0 Å². The number of aliphatic carboxylic acids is 1. The molecule has 0 fully saturated rings. The van der Waals surface area contributed by atoms with Crippen molar-refractivity contribution in [3.05, 3.63) is 35.9 Å². The Morgan fingerprint density at radius 2 is 2.05 bits per heavy atom. The van der Waals surface area contributed by atoms with Gasteiger partial charge in [0, 0.05) is 25.4 Å². The predicted octanol–water partition coefficient (Wildman–Crippen LogP) is 3.73. The molecule has 1 aromatic rings. The monoisotopic (exact) mass is 293 g/mol. The summed E-state index contributed by atoms with van der Waals surface area (Å²) in [5.74, 6) is -0.796. The summed E-state index contributed by atoms with van der Waals surface area (Å²) >= 11 is 1.18. The molecule has 20 heavy (non-hydrogen) atoms. The molecule has 108 valence electrons. The first-order valence-corrected chi connectivity index (χ1v) is 7.10. The number of carboxylic acids is 1. The van der Waals surface area contributed by atoms with Crippen LogP contribution in [0.25, 0.3) is 5.57 Å². The summed E-state index contributed by atoms with van der Waals surface area (Å²) < 4.78 is 0. The fraction of sp³-hybridized carbons (Fsp3) is 0.333. The minimum atomic E-state index is -0.796. The Balaban J connectivity index is 2.76. The van der Waals surface area contributed by atoms with Crippen LogP contribution >= 0.6 is 11.8 Å². The Morgan fingerprint density at radius 1 is 1.35 bits per heavy atom. The van der Waals surface area contributed by atoms with Gasteiger partial charge < -0.3 is 10.0 Å². The molecule has 0 radical (unpaired) electrons. The average Bonchev–Trinajstić information content (AvgIpc) is 2.38. The third-order valence-corrected chi connectivity index (χ3v) is 3.70. The van der Waals surface area contributed by atoms with E-state index in [1.165, 1.54) is 16.7 Å². The summed E-state index contributed by atoms with van der Waals surface area (Å²) in [5.41, 5.74) is 2.03. The van der Waals surface area contributed by atoms with Gasteiger partial charge in [-0.2, -0.15) is 0 Å². The quantitative estimate of drug-likeness (QED) is 0.840. The molecule has 1 amide bonds. The molecule has 0 atom stereocenters. The van der Waals surface area contributed by atoms with E-state index in [1.807, 2.05) is 37.3 Å². The van der Waals surface area contributed by atoms with Crippen LogP contribution in [0.1, 0.15) is 25.3 Å². The maximum absolute atomic E-state index is 11.6. The molecular weight excluding hydrogens is 274 g/mol. The van der Waals surface area contributed by atoms with Gasteiger partial charge >= 0.3 is 5.97 Å². The number of carbonyl (C=O) groups excluding carboxylic acids is 1. The molecule has 0 spiro atoms. The first-order chi connectivity index (χ1) is 9.40. The second kappa shape index (κ2) is 7.75. The van der Waals surface area contributed by atoms with Crippen molar-refractivity contribution in [1.82, 2.24) is 4.90 Å². The van der Waals surface area contributed by atoms with E-state index in [1.54, 1.807) is 14.1 Å². The highest BCUT2D eigenvalue weighted by molar-refractivity contribution is 8.13. The fourth-order valence-electron chi connectivity index (χ4n) is 1.53. The summed E-state index contributed by atoms with van der Waals surface area (Å²) in [7, 11) is 3.44. The van der Waals surface area contributed by atoms with Crippen molar-refractivity contribution in [2.45, 2.75) is 24.7 Å². The predicted molar refractivity (Wildman–Crippen MR) is 81.9 cm³/mol. The SMILES string of the molecule is C/C(=C\CCC(=O)O)c1cccc(SC(=O)N(C)C)c1. The number of nitrogens with zero attached hydrogens (tertiary/aromatic N) is 1. The molecule has 1 aromatic carbocycles. The lowest BCUT2D eigenvalue weighted by molar-refractivity contribution is -0.136. The Kier molecular flexibility index (Phi) is 6.31. The van der Waals surface area contributed by atoms with Crippen molar-refractivity contribution < 1.29 is 14.7 Å². The third-order valence-electron chi connectivity index (χ3n) is 2.67. The van der Waals surface area contributed by atoms with Crippen LogP contribution in [0.5, 0.6) is 0 Å². The van der Waals surface area contributed by atoms with Crippen molar-refractivity contribution in [2.75, 3.05) is 14.1 Å². The molecule has 1 rings (SSSR count). The largest absolute Gasteiger partial charge is 0.481 e. The Bertz CT molecular complexity index is 524. The minimum Gasteiger partial charge on any atom is -0.481 e. The first kappa shape index (κ1) is 16.3. The standard InChI is InChI=1S/C15H19NO3S/c1-11(6-4-9-14(17)18)12-7-5-8-13(10-12)20-15(19)16(2)3/h5-8,10H,4,9H2,1-3H3,(H,17,18)/b11-6+. The van der Waals surface area contributed by atoms with Gasteiger partial charge in [-0.1, -0.05) is 18.2 Å². The molecule has 0 unspecified atom stereocenters. The molecule has 0 saturated carbocycles. The van der Waals surface area contributed by atoms with Crippen molar-refractivity contribution >= 4 is 28.5 Å². The zero-order valence-corrected chi connectivity index (χ0v) is 12.7. The zero-order valence-electron chi connectivity index (χ0n) is 11.9. The number of amides is 1. The number of hydrogen-bond donors (Lipinski definition) is 1. The molecule has 0 saturated heterocycles. The number of hydrogen-bond acceptors (Lipinski definition) is 3.